The summed E-state index contributed by atoms with van der Waals surface area (Å²) in [5.74, 6) is -4.33. The van der Waals surface area contributed by atoms with Crippen molar-refractivity contribution < 1.29 is 69.6 Å². The minimum atomic E-state index is -4.64. The van der Waals surface area contributed by atoms with E-state index in [0.717, 1.165) is 6.07 Å². The summed E-state index contributed by atoms with van der Waals surface area (Å²) in [5, 5.41) is 0. The number of hydrogen-bond donors (Lipinski definition) is 0. The molecule has 1 saturated heterocycles. The fourth-order valence-electron chi connectivity index (χ4n) is 4.88. The number of alkyl halides is 3. The number of carbonyl (C=O) groups excluding carboxylic acids is 5. The topological polar surface area (TPSA) is 170 Å². The quantitative estimate of drug-likeness (QED) is 0.0929. The maximum absolute atomic E-state index is 14.1. The van der Waals surface area contributed by atoms with Crippen molar-refractivity contribution in [3.05, 3.63) is 93.2 Å². The number of ketones is 1. The molecule has 1 fully saturated rings. The number of aryl methyl sites for hydroxylation is 1. The van der Waals surface area contributed by atoms with Gasteiger partial charge in [-0.25, -0.2) is 18.4 Å². The smallest absolute Gasteiger partial charge is 0.457 e. The molecule has 0 N–H and O–H groups in total. The highest BCUT2D eigenvalue weighted by Gasteiger charge is 2.43. The van der Waals surface area contributed by atoms with Crippen molar-refractivity contribution in [2.45, 2.75) is 51.4 Å². The Morgan fingerprint density at radius 2 is 1.82 bits per heavy atom. The molecule has 2 aliphatic heterocycles. The van der Waals surface area contributed by atoms with Crippen LogP contribution in [0.5, 0.6) is 5.75 Å². The first-order valence-corrected chi connectivity index (χ1v) is 14.9. The van der Waals surface area contributed by atoms with Crippen molar-refractivity contribution in [2.75, 3.05) is 20.0 Å². The summed E-state index contributed by atoms with van der Waals surface area (Å²) in [6, 6.07) is 7.67. The number of pyridine rings is 2. The van der Waals surface area contributed by atoms with Crippen molar-refractivity contribution in [3.8, 4) is 5.75 Å². The highest BCUT2D eigenvalue weighted by atomic mass is 19.4. The van der Waals surface area contributed by atoms with Gasteiger partial charge < -0.3 is 33.2 Å². The second kappa shape index (κ2) is 16.8. The SMILES string of the molecule is C[C@H]1CO[C@@H]2Cn3cc(C(=O)CCc4ccc(F)cc4F)c(=O)c(OCOC(=O)OCC(=O)OCc4ccccn4)c3C(=O)N12.O=CC(F)(F)F. The summed E-state index contributed by atoms with van der Waals surface area (Å²) in [5.41, 5.74) is -0.950. The van der Waals surface area contributed by atoms with E-state index in [1.165, 1.54) is 27.9 Å². The van der Waals surface area contributed by atoms with E-state index in [2.05, 4.69) is 4.98 Å². The van der Waals surface area contributed by atoms with Gasteiger partial charge in [0.25, 0.3) is 5.91 Å². The van der Waals surface area contributed by atoms with Crippen LogP contribution in [0.2, 0.25) is 0 Å². The molecule has 0 spiro atoms. The van der Waals surface area contributed by atoms with E-state index in [4.69, 9.17) is 28.5 Å². The van der Waals surface area contributed by atoms with Gasteiger partial charge in [0.2, 0.25) is 24.3 Å². The molecule has 19 heteroatoms. The number of nitrogens with zero attached hydrogens (tertiary/aromatic N) is 3. The zero-order valence-corrected chi connectivity index (χ0v) is 26.5. The second-order valence-corrected chi connectivity index (χ2v) is 10.8. The maximum Gasteiger partial charge on any atom is 0.511 e. The van der Waals surface area contributed by atoms with Gasteiger partial charge in [-0.15, -0.1) is 0 Å². The molecule has 0 aliphatic carbocycles. The summed E-state index contributed by atoms with van der Waals surface area (Å²) in [6.45, 7) is 0.247. The molecule has 272 valence electrons. The van der Waals surface area contributed by atoms with Crippen LogP contribution in [0.15, 0.2) is 53.6 Å². The molecule has 0 unspecified atom stereocenters. The third kappa shape index (κ3) is 10.2. The molecule has 0 radical (unpaired) electrons. The summed E-state index contributed by atoms with van der Waals surface area (Å²) < 4.78 is 85.6. The van der Waals surface area contributed by atoms with Crippen LogP contribution in [0.1, 0.15) is 45.4 Å². The molecule has 3 aromatic rings. The lowest BCUT2D eigenvalue weighted by Crippen LogP contribution is -2.49. The predicted octanol–water partition coefficient (Wildman–Crippen LogP) is 3.52. The Morgan fingerprint density at radius 1 is 1.08 bits per heavy atom. The lowest BCUT2D eigenvalue weighted by atomic mass is 10.0. The molecule has 14 nitrogen and oxygen atoms in total. The van der Waals surface area contributed by atoms with E-state index in [1.54, 1.807) is 25.1 Å². The van der Waals surface area contributed by atoms with Crippen molar-refractivity contribution in [2.24, 2.45) is 0 Å². The Balaban J connectivity index is 0.000000894. The number of aldehydes is 1. The lowest BCUT2D eigenvalue weighted by Gasteiger charge is -2.34. The standard InChI is InChI=1S/C30H27F2N3O10.C2HF3O/c1-17-13-41-24-12-34-11-21(23(36)8-6-18-5-7-19(31)10-22(18)32)27(38)28(26(34)29(39)35(17)24)44-16-45-30(40)43-15-25(37)42-14-20-4-2-3-9-33-20;3-2(4,5)1-6/h2-5,7,9-11,17,24H,6,8,12-16H2,1H3;1H/t17-,24+;/m0./s1. The Labute approximate surface area is 284 Å². The number of amides is 1. The lowest BCUT2D eigenvalue weighted by molar-refractivity contribution is -0.156. The Kier molecular flexibility index (Phi) is 12.5. The number of rotatable bonds is 11. The summed E-state index contributed by atoms with van der Waals surface area (Å²) >= 11 is 0. The Morgan fingerprint density at radius 3 is 2.49 bits per heavy atom. The van der Waals surface area contributed by atoms with E-state index in [-0.39, 0.29) is 55.5 Å². The zero-order chi connectivity index (χ0) is 37.3. The largest absolute Gasteiger partial charge is 0.511 e. The minimum absolute atomic E-state index is 0.0679. The van der Waals surface area contributed by atoms with Crippen LogP contribution in [-0.2, 0) is 48.1 Å². The fraction of sp³-hybridized carbons (Fsp3) is 0.344. The molecule has 2 aromatic heterocycles. The predicted molar refractivity (Wildman–Crippen MR) is 159 cm³/mol. The first-order chi connectivity index (χ1) is 24.2. The van der Waals surface area contributed by atoms with Gasteiger partial charge in [0.1, 0.15) is 18.2 Å². The van der Waals surface area contributed by atoms with Gasteiger partial charge in [0.05, 0.1) is 30.5 Å². The fourth-order valence-corrected chi connectivity index (χ4v) is 4.88. The molecule has 0 bridgehead atoms. The van der Waals surface area contributed by atoms with Crippen molar-refractivity contribution in [3.63, 3.8) is 0 Å². The van der Waals surface area contributed by atoms with Gasteiger partial charge >= 0.3 is 18.3 Å². The maximum atomic E-state index is 14.1. The van der Waals surface area contributed by atoms with Gasteiger partial charge in [-0.1, -0.05) is 12.1 Å². The molecule has 4 heterocycles. The van der Waals surface area contributed by atoms with Crippen LogP contribution in [0.3, 0.4) is 0 Å². The number of halogens is 5. The van der Waals surface area contributed by atoms with Crippen LogP contribution < -0.4 is 10.2 Å². The van der Waals surface area contributed by atoms with Crippen molar-refractivity contribution >= 4 is 30.1 Å². The molecule has 1 aromatic carbocycles. The molecule has 51 heavy (non-hydrogen) atoms. The number of hydrogen-bond acceptors (Lipinski definition) is 12. The first kappa shape index (κ1) is 38.1. The normalized spacial score (nSPS) is 16.2. The van der Waals surface area contributed by atoms with Gasteiger partial charge in [-0.2, -0.15) is 13.2 Å². The zero-order valence-electron chi connectivity index (χ0n) is 26.5. The number of aromatic nitrogens is 2. The molecular weight excluding hydrogens is 697 g/mol. The highest BCUT2D eigenvalue weighted by molar-refractivity contribution is 6.00. The molecule has 2 aliphatic rings. The molecule has 2 atom stereocenters. The van der Waals surface area contributed by atoms with E-state index in [9.17, 15) is 45.9 Å². The van der Waals surface area contributed by atoms with Crippen LogP contribution in [0, 0.1) is 11.6 Å². The Hall–Kier alpha value is -5.72. The number of carbonyl (C=O) groups is 5. The van der Waals surface area contributed by atoms with E-state index in [0.29, 0.717) is 11.8 Å². The summed E-state index contributed by atoms with van der Waals surface area (Å²) in [7, 11) is 0. The van der Waals surface area contributed by atoms with E-state index in [1.807, 2.05) is 0 Å². The number of benzene rings is 1. The second-order valence-electron chi connectivity index (χ2n) is 10.8. The number of esters is 1. The van der Waals surface area contributed by atoms with Gasteiger partial charge in [-0.05, 0) is 37.1 Å². The van der Waals surface area contributed by atoms with Crippen LogP contribution >= 0.6 is 0 Å². The third-order valence-corrected chi connectivity index (χ3v) is 7.21. The summed E-state index contributed by atoms with van der Waals surface area (Å²) in [4.78, 5) is 78.1. The van der Waals surface area contributed by atoms with E-state index < -0.39 is 78.7 Å². The van der Waals surface area contributed by atoms with Crippen LogP contribution in [0.4, 0.5) is 26.7 Å². The van der Waals surface area contributed by atoms with E-state index >= 15 is 0 Å². The molecule has 1 amide bonds. The van der Waals surface area contributed by atoms with Crippen molar-refractivity contribution in [1.82, 2.24) is 14.5 Å². The first-order valence-electron chi connectivity index (χ1n) is 14.9. The average Bonchev–Trinajstić information content (AvgIpc) is 3.47. The van der Waals surface area contributed by atoms with Gasteiger partial charge in [-0.3, -0.25) is 24.2 Å². The Bertz CT molecular complexity index is 1840. The monoisotopic (exact) mass is 725 g/mol. The minimum Gasteiger partial charge on any atom is -0.457 e. The summed E-state index contributed by atoms with van der Waals surface area (Å²) in [6.07, 6.45) is -5.40. The third-order valence-electron chi connectivity index (χ3n) is 7.21. The van der Waals surface area contributed by atoms with Crippen LogP contribution in [0.25, 0.3) is 0 Å². The van der Waals surface area contributed by atoms with Gasteiger partial charge in [0.15, 0.2) is 24.3 Å². The average molecular weight is 726 g/mol. The van der Waals surface area contributed by atoms with Crippen molar-refractivity contribution in [1.29, 1.82) is 0 Å². The highest BCUT2D eigenvalue weighted by Crippen LogP contribution is 2.30. The molecule has 5 rings (SSSR count). The number of fused-ring (bicyclic) bond motifs is 2. The molecule has 0 saturated carbocycles. The number of ether oxygens (including phenoxy) is 5. The van der Waals surface area contributed by atoms with Crippen LogP contribution in [-0.4, -0.2) is 83.0 Å². The molecular formula is C32H28F5N3O11. The van der Waals surface area contributed by atoms with Gasteiger partial charge in [0, 0.05) is 24.9 Å². The number of Topliss-reactive ketones (excluding diaryl/α,β-unsaturated/α-hetero) is 1.